The van der Waals surface area contributed by atoms with Crippen molar-refractivity contribution in [3.63, 3.8) is 0 Å². The summed E-state index contributed by atoms with van der Waals surface area (Å²) in [5.74, 6) is -0.159. The minimum atomic E-state index is -0.159. The number of nitrogens with zero attached hydrogens (tertiary/aromatic N) is 2. The van der Waals surface area contributed by atoms with E-state index in [4.69, 9.17) is 23.2 Å². The average Bonchev–Trinajstić information content (AvgIpc) is 2.95. The number of carbonyl (C=O) groups excluding carboxylic acids is 1. The molecule has 0 aliphatic heterocycles. The summed E-state index contributed by atoms with van der Waals surface area (Å²) in [6.45, 7) is 0. The standard InChI is InChI=1S/C16H10Cl2N2OS/c17-11-3-1-2-10(6-11)7-12-4-5-14(22-12)15(21)13-8-19-9-20-16(13)18/h1-6,8-9H,7H2. The molecule has 0 aliphatic carbocycles. The molecule has 1 aromatic carbocycles. The first kappa shape index (κ1) is 15.2. The van der Waals surface area contributed by atoms with Crippen LogP contribution in [0.15, 0.2) is 48.9 Å². The molecule has 3 nitrogen and oxygen atoms in total. The van der Waals surface area contributed by atoms with E-state index in [1.165, 1.54) is 23.9 Å². The summed E-state index contributed by atoms with van der Waals surface area (Å²) in [6, 6.07) is 11.4. The van der Waals surface area contributed by atoms with E-state index in [9.17, 15) is 4.79 Å². The Morgan fingerprint density at radius 2 is 2.05 bits per heavy atom. The van der Waals surface area contributed by atoms with Gasteiger partial charge in [0, 0.05) is 22.5 Å². The van der Waals surface area contributed by atoms with Crippen LogP contribution in [-0.2, 0) is 6.42 Å². The summed E-state index contributed by atoms with van der Waals surface area (Å²) in [4.78, 5) is 21.8. The van der Waals surface area contributed by atoms with E-state index < -0.39 is 0 Å². The second-order valence-corrected chi connectivity index (χ2v) is 6.59. The van der Waals surface area contributed by atoms with Crippen molar-refractivity contribution in [3.8, 4) is 0 Å². The Hall–Kier alpha value is -1.75. The Labute approximate surface area is 141 Å². The molecule has 22 heavy (non-hydrogen) atoms. The molecule has 0 unspecified atom stereocenters. The van der Waals surface area contributed by atoms with Crippen LogP contribution in [0.4, 0.5) is 0 Å². The highest BCUT2D eigenvalue weighted by molar-refractivity contribution is 7.14. The monoisotopic (exact) mass is 348 g/mol. The zero-order chi connectivity index (χ0) is 15.5. The molecule has 0 amide bonds. The van der Waals surface area contributed by atoms with Gasteiger partial charge < -0.3 is 0 Å². The van der Waals surface area contributed by atoms with Gasteiger partial charge in [0.15, 0.2) is 0 Å². The van der Waals surface area contributed by atoms with E-state index in [2.05, 4.69) is 9.97 Å². The van der Waals surface area contributed by atoms with Crippen LogP contribution < -0.4 is 0 Å². The third-order valence-electron chi connectivity index (χ3n) is 3.06. The number of hydrogen-bond donors (Lipinski definition) is 0. The van der Waals surface area contributed by atoms with Gasteiger partial charge in [0.1, 0.15) is 11.5 Å². The number of benzene rings is 1. The van der Waals surface area contributed by atoms with E-state index in [-0.39, 0.29) is 10.9 Å². The smallest absolute Gasteiger partial charge is 0.207 e. The van der Waals surface area contributed by atoms with Crippen molar-refractivity contribution in [2.75, 3.05) is 0 Å². The maximum Gasteiger partial charge on any atom is 0.207 e. The SMILES string of the molecule is O=C(c1ccc(Cc2cccc(Cl)c2)s1)c1cncnc1Cl. The fourth-order valence-electron chi connectivity index (χ4n) is 2.04. The number of aromatic nitrogens is 2. The first-order chi connectivity index (χ1) is 10.6. The minimum Gasteiger partial charge on any atom is -0.288 e. The van der Waals surface area contributed by atoms with Gasteiger partial charge in [0.05, 0.1) is 10.4 Å². The topological polar surface area (TPSA) is 42.9 Å². The van der Waals surface area contributed by atoms with Gasteiger partial charge in [-0.2, -0.15) is 0 Å². The molecule has 6 heteroatoms. The van der Waals surface area contributed by atoms with Crippen molar-refractivity contribution in [1.29, 1.82) is 0 Å². The van der Waals surface area contributed by atoms with Crippen molar-refractivity contribution < 1.29 is 4.79 Å². The van der Waals surface area contributed by atoms with Crippen LogP contribution in [-0.4, -0.2) is 15.8 Å². The Morgan fingerprint density at radius 3 is 2.82 bits per heavy atom. The van der Waals surface area contributed by atoms with Gasteiger partial charge >= 0.3 is 0 Å². The van der Waals surface area contributed by atoms with Crippen molar-refractivity contribution in [2.24, 2.45) is 0 Å². The number of rotatable bonds is 4. The molecule has 0 atom stereocenters. The lowest BCUT2D eigenvalue weighted by Crippen LogP contribution is -2.01. The van der Waals surface area contributed by atoms with Gasteiger partial charge in [-0.15, -0.1) is 11.3 Å². The van der Waals surface area contributed by atoms with Crippen LogP contribution in [0.5, 0.6) is 0 Å². The van der Waals surface area contributed by atoms with Crippen LogP contribution in [0, 0.1) is 0 Å². The van der Waals surface area contributed by atoms with Crippen LogP contribution in [0.3, 0.4) is 0 Å². The zero-order valence-corrected chi connectivity index (χ0v) is 13.6. The lowest BCUT2D eigenvalue weighted by molar-refractivity contribution is 0.104. The normalized spacial score (nSPS) is 10.6. The van der Waals surface area contributed by atoms with Crippen LogP contribution in [0.25, 0.3) is 0 Å². The van der Waals surface area contributed by atoms with Crippen LogP contribution in [0.2, 0.25) is 10.2 Å². The molecule has 0 N–H and O–H groups in total. The predicted octanol–water partition coefficient (Wildman–Crippen LogP) is 4.67. The van der Waals surface area contributed by atoms with Crippen molar-refractivity contribution in [2.45, 2.75) is 6.42 Å². The molecule has 0 fully saturated rings. The minimum absolute atomic E-state index is 0.159. The zero-order valence-electron chi connectivity index (χ0n) is 11.3. The highest BCUT2D eigenvalue weighted by atomic mass is 35.5. The lowest BCUT2D eigenvalue weighted by atomic mass is 10.1. The summed E-state index contributed by atoms with van der Waals surface area (Å²) in [5, 5.41) is 0.878. The Kier molecular flexibility index (Phi) is 4.52. The molecule has 2 heterocycles. The van der Waals surface area contributed by atoms with E-state index in [0.29, 0.717) is 15.5 Å². The van der Waals surface area contributed by atoms with E-state index in [1.807, 2.05) is 30.3 Å². The largest absolute Gasteiger partial charge is 0.288 e. The fourth-order valence-corrected chi connectivity index (χ4v) is 3.43. The summed E-state index contributed by atoms with van der Waals surface area (Å²) in [6.07, 6.45) is 3.49. The van der Waals surface area contributed by atoms with Gasteiger partial charge in [0.25, 0.3) is 0 Å². The first-order valence-corrected chi connectivity index (χ1v) is 8.04. The quantitative estimate of drug-likeness (QED) is 0.508. The fraction of sp³-hybridized carbons (Fsp3) is 0.0625. The number of thiophene rings is 1. The maximum absolute atomic E-state index is 12.4. The van der Waals surface area contributed by atoms with Crippen molar-refractivity contribution in [1.82, 2.24) is 9.97 Å². The molecule has 0 saturated heterocycles. The number of carbonyl (C=O) groups is 1. The Bertz CT molecular complexity index is 832. The van der Waals surface area contributed by atoms with Gasteiger partial charge in [-0.3, -0.25) is 4.79 Å². The van der Waals surface area contributed by atoms with Gasteiger partial charge in [0.2, 0.25) is 5.78 Å². The summed E-state index contributed by atoms with van der Waals surface area (Å²) in [7, 11) is 0. The molecule has 0 saturated carbocycles. The predicted molar refractivity (Wildman–Crippen MR) is 89.1 cm³/mol. The third-order valence-corrected chi connectivity index (χ3v) is 4.68. The third kappa shape index (κ3) is 3.35. The van der Waals surface area contributed by atoms with E-state index in [1.54, 1.807) is 6.07 Å². The summed E-state index contributed by atoms with van der Waals surface area (Å²) >= 11 is 13.4. The maximum atomic E-state index is 12.4. The van der Waals surface area contributed by atoms with Crippen LogP contribution >= 0.6 is 34.5 Å². The molecule has 3 rings (SSSR count). The van der Waals surface area contributed by atoms with E-state index >= 15 is 0 Å². The number of halogens is 2. The molecule has 110 valence electrons. The van der Waals surface area contributed by atoms with Crippen LogP contribution in [0.1, 0.15) is 25.7 Å². The second kappa shape index (κ2) is 6.57. The molecular formula is C16H10Cl2N2OS. The second-order valence-electron chi connectivity index (χ2n) is 4.63. The average molecular weight is 349 g/mol. The highest BCUT2D eigenvalue weighted by Crippen LogP contribution is 2.25. The van der Waals surface area contributed by atoms with Gasteiger partial charge in [-0.25, -0.2) is 9.97 Å². The Morgan fingerprint density at radius 1 is 1.18 bits per heavy atom. The number of ketones is 1. The number of hydrogen-bond acceptors (Lipinski definition) is 4. The van der Waals surface area contributed by atoms with Crippen molar-refractivity contribution in [3.05, 3.63) is 80.0 Å². The molecule has 2 aromatic heterocycles. The lowest BCUT2D eigenvalue weighted by Gasteiger charge is -2.00. The van der Waals surface area contributed by atoms with Crippen molar-refractivity contribution >= 4 is 40.3 Å². The summed E-state index contributed by atoms with van der Waals surface area (Å²) in [5.41, 5.74) is 1.43. The Balaban J connectivity index is 1.82. The molecule has 0 bridgehead atoms. The van der Waals surface area contributed by atoms with Gasteiger partial charge in [-0.1, -0.05) is 35.3 Å². The molecule has 0 radical (unpaired) electrons. The van der Waals surface area contributed by atoms with Gasteiger partial charge in [-0.05, 0) is 29.8 Å². The molecule has 0 spiro atoms. The molecular weight excluding hydrogens is 339 g/mol. The first-order valence-electron chi connectivity index (χ1n) is 6.47. The summed E-state index contributed by atoms with van der Waals surface area (Å²) < 4.78 is 0. The molecule has 3 aromatic rings. The van der Waals surface area contributed by atoms with E-state index in [0.717, 1.165) is 16.9 Å². The highest BCUT2D eigenvalue weighted by Gasteiger charge is 2.16. The molecule has 0 aliphatic rings.